The molecule has 9 heteroatoms. The number of nitrogens with two attached hydrogens (primary N) is 1. The van der Waals surface area contributed by atoms with Gasteiger partial charge in [-0.05, 0) is 18.6 Å². The second-order valence-corrected chi connectivity index (χ2v) is 8.57. The van der Waals surface area contributed by atoms with Gasteiger partial charge in [-0.25, -0.2) is 9.78 Å². The monoisotopic (exact) mass is 461 g/mol. The maximum Gasteiger partial charge on any atom is 0.330 e. The van der Waals surface area contributed by atoms with Crippen LogP contribution in [0, 0.1) is 6.92 Å². The highest BCUT2D eigenvalue weighted by Crippen LogP contribution is 2.25. The van der Waals surface area contributed by atoms with Crippen LogP contribution in [0.5, 0.6) is 0 Å². The Hall–Kier alpha value is -3.98. The molecular weight excluding hydrogens is 438 g/mol. The topological polar surface area (TPSA) is 114 Å². The molecule has 0 aliphatic carbocycles. The van der Waals surface area contributed by atoms with Crippen molar-refractivity contribution in [2.75, 3.05) is 17.7 Å². The molecule has 2 aromatic carbocycles. The minimum Gasteiger partial charge on any atom is -0.383 e. The number of aryl methyl sites for hydroxylation is 1. The van der Waals surface area contributed by atoms with Gasteiger partial charge >= 0.3 is 5.69 Å². The number of amides is 1. The van der Waals surface area contributed by atoms with E-state index >= 15 is 0 Å². The molecule has 3 N–H and O–H groups in total. The van der Waals surface area contributed by atoms with Crippen molar-refractivity contribution in [2.45, 2.75) is 19.9 Å². The summed E-state index contributed by atoms with van der Waals surface area (Å²) in [5.41, 5.74) is 8.33. The number of benzene rings is 2. The highest BCUT2D eigenvalue weighted by Gasteiger charge is 2.22. The Morgan fingerprint density at radius 2 is 1.91 bits per heavy atom. The molecule has 0 aliphatic rings. The lowest BCUT2D eigenvalue weighted by molar-refractivity contribution is -0.117. The lowest BCUT2D eigenvalue weighted by atomic mass is 10.1. The first-order valence-corrected chi connectivity index (χ1v) is 11.2. The molecule has 0 spiro atoms. The van der Waals surface area contributed by atoms with Crippen molar-refractivity contribution in [3.05, 3.63) is 97.6 Å². The van der Waals surface area contributed by atoms with Gasteiger partial charge in [0.1, 0.15) is 10.8 Å². The molecule has 0 bridgehead atoms. The second kappa shape index (κ2) is 9.25. The van der Waals surface area contributed by atoms with Gasteiger partial charge in [-0.15, -0.1) is 11.3 Å². The Balaban J connectivity index is 1.58. The third-order valence-corrected chi connectivity index (χ3v) is 6.20. The predicted molar refractivity (Wildman–Crippen MR) is 131 cm³/mol. The zero-order valence-corrected chi connectivity index (χ0v) is 19.1. The molecule has 0 saturated heterocycles. The average molecular weight is 462 g/mol. The van der Waals surface area contributed by atoms with E-state index in [4.69, 9.17) is 5.73 Å². The molecule has 2 heterocycles. The van der Waals surface area contributed by atoms with E-state index in [-0.39, 0.29) is 30.4 Å². The molecule has 0 fully saturated rings. The second-order valence-electron chi connectivity index (χ2n) is 7.71. The minimum absolute atomic E-state index is 0.00446. The van der Waals surface area contributed by atoms with Crippen LogP contribution in [-0.4, -0.2) is 27.5 Å². The number of hydrogen-bond acceptors (Lipinski definition) is 6. The average Bonchev–Trinajstić information content (AvgIpc) is 3.25. The van der Waals surface area contributed by atoms with Crippen molar-refractivity contribution in [1.29, 1.82) is 0 Å². The fourth-order valence-corrected chi connectivity index (χ4v) is 4.34. The minimum atomic E-state index is -0.712. The first kappa shape index (κ1) is 22.2. The van der Waals surface area contributed by atoms with E-state index in [0.29, 0.717) is 5.69 Å². The van der Waals surface area contributed by atoms with Gasteiger partial charge in [0, 0.05) is 18.0 Å². The van der Waals surface area contributed by atoms with E-state index in [0.717, 1.165) is 21.7 Å². The van der Waals surface area contributed by atoms with E-state index in [1.807, 2.05) is 66.9 Å². The smallest absolute Gasteiger partial charge is 0.330 e. The number of thiazole rings is 1. The van der Waals surface area contributed by atoms with E-state index in [1.165, 1.54) is 27.9 Å². The van der Waals surface area contributed by atoms with Crippen LogP contribution in [0.4, 0.5) is 11.5 Å². The summed E-state index contributed by atoms with van der Waals surface area (Å²) in [7, 11) is 1.47. The molecule has 0 radical (unpaired) electrons. The zero-order valence-electron chi connectivity index (χ0n) is 18.2. The summed E-state index contributed by atoms with van der Waals surface area (Å²) in [6.45, 7) is 2.18. The van der Waals surface area contributed by atoms with Gasteiger partial charge in [0.2, 0.25) is 5.91 Å². The van der Waals surface area contributed by atoms with Crippen LogP contribution in [0.3, 0.4) is 0 Å². The zero-order chi connectivity index (χ0) is 23.5. The number of carbonyl (C=O) groups is 1. The highest BCUT2D eigenvalue weighted by molar-refractivity contribution is 7.13. The Bertz CT molecular complexity index is 1420. The summed E-state index contributed by atoms with van der Waals surface area (Å²) in [4.78, 5) is 45.9. The van der Waals surface area contributed by atoms with Crippen LogP contribution in [0.25, 0.3) is 10.6 Å². The van der Waals surface area contributed by atoms with Gasteiger partial charge in [-0.3, -0.25) is 19.1 Å². The number of carbonyl (C=O) groups excluding carboxylic acids is 1. The number of nitrogens with one attached hydrogen (secondary N) is 1. The molecule has 0 unspecified atom stereocenters. The van der Waals surface area contributed by atoms with Crippen LogP contribution in [0.15, 0.2) is 69.6 Å². The van der Waals surface area contributed by atoms with E-state index < -0.39 is 11.2 Å². The first-order valence-electron chi connectivity index (χ1n) is 10.3. The summed E-state index contributed by atoms with van der Waals surface area (Å²) in [5.74, 6) is -0.430. The van der Waals surface area contributed by atoms with Crippen molar-refractivity contribution in [3.63, 3.8) is 0 Å². The highest BCUT2D eigenvalue weighted by atomic mass is 32.1. The van der Waals surface area contributed by atoms with Crippen molar-refractivity contribution < 1.29 is 4.79 Å². The normalized spacial score (nSPS) is 10.8. The molecule has 1 amide bonds. The molecule has 0 atom stereocenters. The third kappa shape index (κ3) is 4.78. The van der Waals surface area contributed by atoms with Gasteiger partial charge in [-0.1, -0.05) is 54.1 Å². The van der Waals surface area contributed by atoms with Gasteiger partial charge in [-0.2, -0.15) is 0 Å². The number of rotatable bonds is 6. The van der Waals surface area contributed by atoms with Crippen molar-refractivity contribution in [1.82, 2.24) is 14.5 Å². The van der Waals surface area contributed by atoms with Crippen LogP contribution in [0.2, 0.25) is 0 Å². The summed E-state index contributed by atoms with van der Waals surface area (Å²) in [5, 5.41) is 2.64. The largest absolute Gasteiger partial charge is 0.383 e. The fourth-order valence-electron chi connectivity index (χ4n) is 3.52. The SMILES string of the molecule is Cc1cccc(-c2nc(CC(=O)N(C)c3c(N)n(Cc4ccccc4)c(=O)[nH]c3=O)cs2)c1. The molecule has 0 aliphatic heterocycles. The van der Waals surface area contributed by atoms with Crippen molar-refractivity contribution >= 4 is 28.7 Å². The van der Waals surface area contributed by atoms with Crippen molar-refractivity contribution in [3.8, 4) is 10.6 Å². The number of anilines is 2. The number of likely N-dealkylation sites (N-methyl/N-ethyl adjacent to an activating group) is 1. The van der Waals surface area contributed by atoms with Gasteiger partial charge in [0.05, 0.1) is 18.7 Å². The molecule has 33 heavy (non-hydrogen) atoms. The summed E-state index contributed by atoms with van der Waals surface area (Å²) < 4.78 is 1.24. The van der Waals surface area contributed by atoms with Crippen LogP contribution >= 0.6 is 11.3 Å². The maximum absolute atomic E-state index is 13.0. The Morgan fingerprint density at radius 3 is 2.64 bits per heavy atom. The van der Waals surface area contributed by atoms with Gasteiger partial charge < -0.3 is 10.6 Å². The Kier molecular flexibility index (Phi) is 6.23. The molecular formula is C24H23N5O3S. The number of aromatic amines is 1. The summed E-state index contributed by atoms with van der Waals surface area (Å²) in [6.07, 6.45) is -0.00446. The van der Waals surface area contributed by atoms with Crippen molar-refractivity contribution in [2.24, 2.45) is 0 Å². The quantitative estimate of drug-likeness (QED) is 0.458. The standard InChI is InChI=1S/C24H23N5O3S/c1-15-7-6-10-17(11-15)23-26-18(14-33-23)12-19(30)28(2)20-21(25)29(24(32)27-22(20)31)13-16-8-4-3-5-9-16/h3-11,14H,12-13,25H2,1-2H3,(H,27,31,32). The Labute approximate surface area is 194 Å². The first-order chi connectivity index (χ1) is 15.8. The van der Waals surface area contributed by atoms with Gasteiger partial charge in [0.15, 0.2) is 5.69 Å². The molecule has 4 aromatic rings. The van der Waals surface area contributed by atoms with Gasteiger partial charge in [0.25, 0.3) is 5.56 Å². The summed E-state index contributed by atoms with van der Waals surface area (Å²) in [6, 6.07) is 17.2. The third-order valence-electron chi connectivity index (χ3n) is 5.26. The number of nitrogen functional groups attached to an aromatic ring is 1. The van der Waals surface area contributed by atoms with Crippen LogP contribution < -0.4 is 21.9 Å². The predicted octanol–water partition coefficient (Wildman–Crippen LogP) is 2.80. The number of aromatic nitrogens is 3. The van der Waals surface area contributed by atoms with E-state index in [1.54, 1.807) is 0 Å². The van der Waals surface area contributed by atoms with E-state index in [9.17, 15) is 14.4 Å². The number of nitrogens with zero attached hydrogens (tertiary/aromatic N) is 3. The van der Waals surface area contributed by atoms with Crippen LogP contribution in [0.1, 0.15) is 16.8 Å². The number of hydrogen-bond donors (Lipinski definition) is 2. The molecule has 4 rings (SSSR count). The number of H-pyrrole nitrogens is 1. The van der Waals surface area contributed by atoms with Crippen LogP contribution in [-0.2, 0) is 17.8 Å². The lowest BCUT2D eigenvalue weighted by Crippen LogP contribution is -2.40. The fraction of sp³-hybridized carbons (Fsp3) is 0.167. The molecule has 0 saturated carbocycles. The molecule has 168 valence electrons. The molecule has 2 aromatic heterocycles. The summed E-state index contributed by atoms with van der Waals surface area (Å²) >= 11 is 1.45. The molecule has 8 nitrogen and oxygen atoms in total. The van der Waals surface area contributed by atoms with E-state index in [2.05, 4.69) is 9.97 Å². The maximum atomic E-state index is 13.0. The Morgan fingerprint density at radius 1 is 1.15 bits per heavy atom. The lowest BCUT2D eigenvalue weighted by Gasteiger charge is -2.20.